The van der Waals surface area contributed by atoms with E-state index in [9.17, 15) is 14.4 Å². The minimum atomic E-state index is -0.514. The first-order chi connectivity index (χ1) is 14.4. The summed E-state index contributed by atoms with van der Waals surface area (Å²) in [6.45, 7) is 1.49. The highest BCUT2D eigenvalue weighted by Crippen LogP contribution is 2.20. The zero-order chi connectivity index (χ0) is 21.7. The number of nitrogens with one attached hydrogen (secondary N) is 2. The Morgan fingerprint density at radius 3 is 2.40 bits per heavy atom. The van der Waals surface area contributed by atoms with Crippen LogP contribution in [0.5, 0.6) is 5.75 Å². The molecule has 2 amide bonds. The third kappa shape index (κ3) is 5.24. The van der Waals surface area contributed by atoms with Gasteiger partial charge in [0.1, 0.15) is 18.0 Å². The van der Waals surface area contributed by atoms with E-state index in [-0.39, 0.29) is 12.2 Å². The Balaban J connectivity index is 1.70. The molecule has 30 heavy (non-hydrogen) atoms. The van der Waals surface area contributed by atoms with E-state index in [1.54, 1.807) is 49.6 Å². The molecule has 1 heterocycles. The van der Waals surface area contributed by atoms with E-state index in [0.717, 1.165) is 10.2 Å². The molecule has 3 aromatic rings. The molecule has 0 saturated heterocycles. The highest BCUT2D eigenvalue weighted by Gasteiger charge is 2.13. The number of nitrogens with zero attached hydrogens (tertiary/aromatic N) is 2. The fourth-order valence-electron chi connectivity index (χ4n) is 2.56. The number of anilines is 2. The summed E-state index contributed by atoms with van der Waals surface area (Å²) in [6.07, 6.45) is 0. The second-order valence-electron chi connectivity index (χ2n) is 6.41. The maximum Gasteiger partial charge on any atom is 0.276 e. The van der Waals surface area contributed by atoms with Gasteiger partial charge in [-0.05, 0) is 55.0 Å². The van der Waals surface area contributed by atoms with Crippen molar-refractivity contribution >= 4 is 34.8 Å². The summed E-state index contributed by atoms with van der Waals surface area (Å²) in [7, 11) is 1.55. The molecule has 0 bridgehead atoms. The predicted octanol–water partition coefficient (Wildman–Crippen LogP) is 3.10. The van der Waals surface area contributed by atoms with Crippen LogP contribution in [0.3, 0.4) is 0 Å². The molecular weight excluding hydrogens is 408 g/mol. The molecule has 9 heteroatoms. The van der Waals surface area contributed by atoms with Gasteiger partial charge in [0.15, 0.2) is 0 Å². The lowest BCUT2D eigenvalue weighted by molar-refractivity contribution is -0.117. The van der Waals surface area contributed by atoms with Gasteiger partial charge in [-0.2, -0.15) is 5.10 Å². The van der Waals surface area contributed by atoms with Crippen molar-refractivity contribution in [3.05, 3.63) is 81.2 Å². The van der Waals surface area contributed by atoms with E-state index in [2.05, 4.69) is 15.7 Å². The molecule has 1 aromatic heterocycles. The second-order valence-corrected chi connectivity index (χ2v) is 6.82. The average molecular weight is 427 g/mol. The molecule has 3 rings (SSSR count). The SMILES string of the molecule is COc1ccc(NC(=O)c2ccc(=O)n(CC(=O)Nc3ccc(C)c(Cl)c3)n2)cc1. The number of ether oxygens (including phenoxy) is 1. The van der Waals surface area contributed by atoms with Crippen LogP contribution < -0.4 is 20.9 Å². The molecule has 0 aliphatic rings. The van der Waals surface area contributed by atoms with Gasteiger partial charge in [-0.15, -0.1) is 0 Å². The molecule has 2 aromatic carbocycles. The topological polar surface area (TPSA) is 102 Å². The minimum absolute atomic E-state index is 0.00315. The fraction of sp³-hybridized carbons (Fsp3) is 0.143. The molecule has 0 unspecified atom stereocenters. The van der Waals surface area contributed by atoms with Crippen LogP contribution in [0.25, 0.3) is 0 Å². The highest BCUT2D eigenvalue weighted by atomic mass is 35.5. The first-order valence-electron chi connectivity index (χ1n) is 8.95. The van der Waals surface area contributed by atoms with Gasteiger partial charge in [-0.3, -0.25) is 14.4 Å². The van der Waals surface area contributed by atoms with Gasteiger partial charge in [0.05, 0.1) is 7.11 Å². The number of carbonyl (C=O) groups is 2. The molecule has 0 aliphatic heterocycles. The number of benzene rings is 2. The maximum atomic E-state index is 12.4. The van der Waals surface area contributed by atoms with Crippen molar-refractivity contribution in [1.29, 1.82) is 0 Å². The van der Waals surface area contributed by atoms with Crippen molar-refractivity contribution in [2.45, 2.75) is 13.5 Å². The third-order valence-electron chi connectivity index (χ3n) is 4.20. The normalized spacial score (nSPS) is 10.4. The molecule has 0 fully saturated rings. The summed E-state index contributed by atoms with van der Waals surface area (Å²) in [4.78, 5) is 36.8. The van der Waals surface area contributed by atoms with E-state index in [1.807, 2.05) is 6.92 Å². The van der Waals surface area contributed by atoms with Crippen molar-refractivity contribution in [2.24, 2.45) is 0 Å². The molecule has 8 nitrogen and oxygen atoms in total. The third-order valence-corrected chi connectivity index (χ3v) is 4.60. The van der Waals surface area contributed by atoms with E-state index in [1.165, 1.54) is 12.1 Å². The zero-order valence-electron chi connectivity index (χ0n) is 16.3. The highest BCUT2D eigenvalue weighted by molar-refractivity contribution is 6.31. The molecule has 0 spiro atoms. The van der Waals surface area contributed by atoms with E-state index < -0.39 is 17.4 Å². The summed E-state index contributed by atoms with van der Waals surface area (Å²) in [5.41, 5.74) is 1.40. The molecule has 0 aliphatic carbocycles. The van der Waals surface area contributed by atoms with Crippen LogP contribution in [-0.2, 0) is 11.3 Å². The van der Waals surface area contributed by atoms with Crippen molar-refractivity contribution in [3.63, 3.8) is 0 Å². The van der Waals surface area contributed by atoms with Crippen LogP contribution in [0, 0.1) is 6.92 Å². The number of aryl methyl sites for hydroxylation is 1. The van der Waals surface area contributed by atoms with Crippen LogP contribution in [0.15, 0.2) is 59.4 Å². The summed E-state index contributed by atoms with van der Waals surface area (Å²) in [6, 6.07) is 14.3. The number of methoxy groups -OCH3 is 1. The van der Waals surface area contributed by atoms with Gasteiger partial charge in [-0.1, -0.05) is 17.7 Å². The molecular formula is C21H19ClN4O4. The Labute approximate surface area is 177 Å². The molecule has 2 N–H and O–H groups in total. The van der Waals surface area contributed by atoms with Gasteiger partial charge in [0, 0.05) is 22.5 Å². The lowest BCUT2D eigenvalue weighted by Gasteiger charge is -2.10. The van der Waals surface area contributed by atoms with Gasteiger partial charge in [0.2, 0.25) is 5.91 Å². The average Bonchev–Trinajstić information content (AvgIpc) is 2.73. The van der Waals surface area contributed by atoms with Crippen LogP contribution in [0.4, 0.5) is 11.4 Å². The first-order valence-corrected chi connectivity index (χ1v) is 9.33. The van der Waals surface area contributed by atoms with Gasteiger partial charge in [-0.25, -0.2) is 4.68 Å². The minimum Gasteiger partial charge on any atom is -0.497 e. The Morgan fingerprint density at radius 2 is 1.73 bits per heavy atom. The fourth-order valence-corrected chi connectivity index (χ4v) is 2.74. The smallest absolute Gasteiger partial charge is 0.276 e. The summed E-state index contributed by atoms with van der Waals surface area (Å²) >= 11 is 6.05. The van der Waals surface area contributed by atoms with Crippen molar-refractivity contribution in [1.82, 2.24) is 9.78 Å². The lowest BCUT2D eigenvalue weighted by atomic mass is 10.2. The van der Waals surface area contributed by atoms with Crippen molar-refractivity contribution in [3.8, 4) is 5.75 Å². The number of amides is 2. The monoisotopic (exact) mass is 426 g/mol. The number of halogens is 1. The predicted molar refractivity (Wildman–Crippen MR) is 114 cm³/mol. The summed E-state index contributed by atoms with van der Waals surface area (Å²) in [5, 5.41) is 9.83. The standard InChI is InChI=1S/C21H19ClN4O4/c1-13-3-4-15(11-17(13)22)23-19(27)12-26-20(28)10-9-18(25-26)21(29)24-14-5-7-16(30-2)8-6-14/h3-11H,12H2,1-2H3,(H,23,27)(H,24,29). The van der Waals surface area contributed by atoms with Crippen LogP contribution in [0.1, 0.15) is 16.1 Å². The first kappa shape index (κ1) is 21.1. The van der Waals surface area contributed by atoms with E-state index in [4.69, 9.17) is 16.3 Å². The zero-order valence-corrected chi connectivity index (χ0v) is 17.1. The largest absolute Gasteiger partial charge is 0.497 e. The summed E-state index contributed by atoms with van der Waals surface area (Å²) in [5.74, 6) is -0.336. The Kier molecular flexibility index (Phi) is 6.48. The number of carbonyl (C=O) groups excluding carboxylic acids is 2. The number of aromatic nitrogens is 2. The molecule has 0 saturated carbocycles. The van der Waals surface area contributed by atoms with Gasteiger partial charge in [0.25, 0.3) is 11.5 Å². The van der Waals surface area contributed by atoms with Crippen LogP contribution >= 0.6 is 11.6 Å². The quantitative estimate of drug-likeness (QED) is 0.630. The number of hydrogen-bond acceptors (Lipinski definition) is 5. The Hall–Kier alpha value is -3.65. The second kappa shape index (κ2) is 9.23. The maximum absolute atomic E-state index is 12.4. The summed E-state index contributed by atoms with van der Waals surface area (Å²) < 4.78 is 6.00. The van der Waals surface area contributed by atoms with Crippen molar-refractivity contribution in [2.75, 3.05) is 17.7 Å². The lowest BCUT2D eigenvalue weighted by Crippen LogP contribution is -2.31. The van der Waals surface area contributed by atoms with Crippen LogP contribution in [0.2, 0.25) is 5.02 Å². The van der Waals surface area contributed by atoms with E-state index >= 15 is 0 Å². The van der Waals surface area contributed by atoms with Gasteiger partial charge < -0.3 is 15.4 Å². The Morgan fingerprint density at radius 1 is 1.03 bits per heavy atom. The van der Waals surface area contributed by atoms with E-state index in [0.29, 0.717) is 22.1 Å². The molecule has 0 atom stereocenters. The number of rotatable bonds is 6. The molecule has 0 radical (unpaired) electrons. The van der Waals surface area contributed by atoms with Crippen LogP contribution in [-0.4, -0.2) is 28.7 Å². The number of hydrogen-bond donors (Lipinski definition) is 2. The molecule has 154 valence electrons. The van der Waals surface area contributed by atoms with Gasteiger partial charge >= 0.3 is 0 Å². The van der Waals surface area contributed by atoms with Crippen molar-refractivity contribution < 1.29 is 14.3 Å². The Bertz CT molecular complexity index is 1140.